The van der Waals surface area contributed by atoms with E-state index in [1.165, 1.54) is 4.88 Å². The molecule has 0 bridgehead atoms. The van der Waals surface area contributed by atoms with Gasteiger partial charge in [0.15, 0.2) is 0 Å². The van der Waals surface area contributed by atoms with Crippen LogP contribution in [0.3, 0.4) is 0 Å². The lowest BCUT2D eigenvalue weighted by Gasteiger charge is -2.26. The van der Waals surface area contributed by atoms with Crippen LogP contribution in [0.2, 0.25) is 0 Å². The Hall–Kier alpha value is -0.600. The second kappa shape index (κ2) is 5.47. The molecule has 15 heavy (non-hydrogen) atoms. The van der Waals surface area contributed by atoms with Crippen molar-refractivity contribution >= 4 is 11.3 Å². The highest BCUT2D eigenvalue weighted by Gasteiger charge is 2.21. The molecule has 1 nitrogen and oxygen atoms in total. The zero-order valence-corrected chi connectivity index (χ0v) is 10.7. The number of rotatable bonds is 6. The summed E-state index contributed by atoms with van der Waals surface area (Å²) in [6, 6.07) is 4.84. The zero-order valence-electron chi connectivity index (χ0n) is 9.92. The lowest BCUT2D eigenvalue weighted by Crippen LogP contribution is -2.35. The number of thiophene rings is 1. The minimum absolute atomic E-state index is 0.162. The predicted octanol–water partition coefficient (Wildman–Crippen LogP) is 3.48. The standard InChI is InChI=1S/C13H21NS/c1-5-13(4,10-14-11(2)3)9-12-7-6-8-15-12/h5-8,11,14H,1,9-10H2,2-4H3. The highest BCUT2D eigenvalue weighted by molar-refractivity contribution is 7.09. The molecule has 2 heteroatoms. The molecule has 0 aliphatic carbocycles. The van der Waals surface area contributed by atoms with Crippen molar-refractivity contribution in [1.82, 2.24) is 5.32 Å². The van der Waals surface area contributed by atoms with E-state index in [0.29, 0.717) is 6.04 Å². The van der Waals surface area contributed by atoms with E-state index in [2.05, 4.69) is 56.3 Å². The summed E-state index contributed by atoms with van der Waals surface area (Å²) in [6.45, 7) is 11.6. The molecule has 1 rings (SSSR count). The summed E-state index contributed by atoms with van der Waals surface area (Å²) in [7, 11) is 0. The van der Waals surface area contributed by atoms with Crippen molar-refractivity contribution in [3.05, 3.63) is 35.0 Å². The van der Waals surface area contributed by atoms with Crippen LogP contribution in [0.4, 0.5) is 0 Å². The first kappa shape index (κ1) is 12.5. The van der Waals surface area contributed by atoms with E-state index in [1.54, 1.807) is 0 Å². The van der Waals surface area contributed by atoms with Crippen molar-refractivity contribution in [2.24, 2.45) is 5.41 Å². The molecule has 1 N–H and O–H groups in total. The van der Waals surface area contributed by atoms with Gasteiger partial charge >= 0.3 is 0 Å². The van der Waals surface area contributed by atoms with Crippen LogP contribution in [-0.4, -0.2) is 12.6 Å². The van der Waals surface area contributed by atoms with Crippen LogP contribution in [0.15, 0.2) is 30.2 Å². The summed E-state index contributed by atoms with van der Waals surface area (Å²) >= 11 is 1.82. The van der Waals surface area contributed by atoms with Gasteiger partial charge in [-0.1, -0.05) is 32.9 Å². The van der Waals surface area contributed by atoms with Gasteiger partial charge in [-0.25, -0.2) is 0 Å². The predicted molar refractivity (Wildman–Crippen MR) is 69.5 cm³/mol. The van der Waals surface area contributed by atoms with Crippen molar-refractivity contribution in [3.63, 3.8) is 0 Å². The van der Waals surface area contributed by atoms with Gasteiger partial charge in [0.1, 0.15) is 0 Å². The monoisotopic (exact) mass is 223 g/mol. The first-order chi connectivity index (χ1) is 7.06. The molecule has 0 saturated heterocycles. The third kappa shape index (κ3) is 4.18. The van der Waals surface area contributed by atoms with E-state index in [0.717, 1.165) is 13.0 Å². The highest BCUT2D eigenvalue weighted by atomic mass is 32.1. The molecule has 0 radical (unpaired) electrons. The van der Waals surface area contributed by atoms with Crippen LogP contribution in [0, 0.1) is 5.41 Å². The third-order valence-electron chi connectivity index (χ3n) is 2.57. The van der Waals surface area contributed by atoms with Gasteiger partial charge in [-0.05, 0) is 17.9 Å². The maximum absolute atomic E-state index is 3.96. The van der Waals surface area contributed by atoms with Gasteiger partial charge in [-0.15, -0.1) is 17.9 Å². The lowest BCUT2D eigenvalue weighted by atomic mass is 9.86. The highest BCUT2D eigenvalue weighted by Crippen LogP contribution is 2.25. The average Bonchev–Trinajstić information content (AvgIpc) is 2.67. The maximum atomic E-state index is 3.96. The van der Waals surface area contributed by atoms with E-state index >= 15 is 0 Å². The van der Waals surface area contributed by atoms with Crippen molar-refractivity contribution < 1.29 is 0 Å². The fourth-order valence-corrected chi connectivity index (χ4v) is 2.36. The fourth-order valence-electron chi connectivity index (χ4n) is 1.46. The quantitative estimate of drug-likeness (QED) is 0.728. The molecule has 0 fully saturated rings. The van der Waals surface area contributed by atoms with Gasteiger partial charge in [0.25, 0.3) is 0 Å². The molecule has 0 aliphatic rings. The van der Waals surface area contributed by atoms with Gasteiger partial charge in [0.05, 0.1) is 0 Å². The van der Waals surface area contributed by atoms with Gasteiger partial charge < -0.3 is 5.32 Å². The molecule has 0 aromatic carbocycles. The molecule has 1 unspecified atom stereocenters. The van der Waals surface area contributed by atoms with Gasteiger partial charge in [0, 0.05) is 22.9 Å². The Labute approximate surface area is 97.2 Å². The summed E-state index contributed by atoms with van der Waals surface area (Å²) in [5.41, 5.74) is 0.162. The Kier molecular flexibility index (Phi) is 4.55. The molecule has 1 heterocycles. The van der Waals surface area contributed by atoms with E-state index < -0.39 is 0 Å². The summed E-state index contributed by atoms with van der Waals surface area (Å²) in [6.07, 6.45) is 3.15. The van der Waals surface area contributed by atoms with E-state index in [1.807, 2.05) is 11.3 Å². The smallest absolute Gasteiger partial charge is 0.00542 e. The van der Waals surface area contributed by atoms with Crippen molar-refractivity contribution in [2.75, 3.05) is 6.54 Å². The number of nitrogens with one attached hydrogen (secondary N) is 1. The van der Waals surface area contributed by atoms with Crippen LogP contribution >= 0.6 is 11.3 Å². The van der Waals surface area contributed by atoms with Crippen LogP contribution < -0.4 is 5.32 Å². The first-order valence-electron chi connectivity index (χ1n) is 5.45. The molecule has 0 aliphatic heterocycles. The minimum Gasteiger partial charge on any atom is -0.314 e. The second-order valence-corrected chi connectivity index (χ2v) is 5.68. The molecular formula is C13H21NS. The van der Waals surface area contributed by atoms with Gasteiger partial charge in [-0.3, -0.25) is 0 Å². The maximum Gasteiger partial charge on any atom is 0.00542 e. The van der Waals surface area contributed by atoms with Crippen molar-refractivity contribution in [3.8, 4) is 0 Å². The lowest BCUT2D eigenvalue weighted by molar-refractivity contribution is 0.376. The Morgan fingerprint density at radius 3 is 2.80 bits per heavy atom. The normalized spacial score (nSPS) is 15.2. The number of hydrogen-bond donors (Lipinski definition) is 1. The van der Waals surface area contributed by atoms with Crippen molar-refractivity contribution in [1.29, 1.82) is 0 Å². The van der Waals surface area contributed by atoms with Crippen LogP contribution in [0.5, 0.6) is 0 Å². The van der Waals surface area contributed by atoms with E-state index in [9.17, 15) is 0 Å². The summed E-state index contributed by atoms with van der Waals surface area (Å²) in [5, 5.41) is 5.62. The van der Waals surface area contributed by atoms with Crippen LogP contribution in [0.25, 0.3) is 0 Å². The van der Waals surface area contributed by atoms with Crippen molar-refractivity contribution in [2.45, 2.75) is 33.2 Å². The Morgan fingerprint density at radius 2 is 2.33 bits per heavy atom. The summed E-state index contributed by atoms with van der Waals surface area (Å²) in [4.78, 5) is 1.43. The topological polar surface area (TPSA) is 12.0 Å². The third-order valence-corrected chi connectivity index (χ3v) is 3.44. The molecule has 1 aromatic rings. The largest absolute Gasteiger partial charge is 0.314 e. The number of hydrogen-bond acceptors (Lipinski definition) is 2. The first-order valence-corrected chi connectivity index (χ1v) is 6.33. The van der Waals surface area contributed by atoms with E-state index in [-0.39, 0.29) is 5.41 Å². The fraction of sp³-hybridized carbons (Fsp3) is 0.538. The molecule has 84 valence electrons. The average molecular weight is 223 g/mol. The Balaban J connectivity index is 2.56. The zero-order chi connectivity index (χ0) is 11.3. The molecule has 0 amide bonds. The molecular weight excluding hydrogens is 202 g/mol. The second-order valence-electron chi connectivity index (χ2n) is 4.65. The molecule has 1 atom stereocenters. The van der Waals surface area contributed by atoms with Crippen LogP contribution in [0.1, 0.15) is 25.6 Å². The molecule has 0 saturated carbocycles. The summed E-state index contributed by atoms with van der Waals surface area (Å²) in [5.74, 6) is 0. The SMILES string of the molecule is C=CC(C)(CNC(C)C)Cc1cccs1. The Morgan fingerprint density at radius 1 is 1.60 bits per heavy atom. The molecule has 1 aromatic heterocycles. The van der Waals surface area contributed by atoms with Gasteiger partial charge in [-0.2, -0.15) is 0 Å². The van der Waals surface area contributed by atoms with Gasteiger partial charge in [0.2, 0.25) is 0 Å². The summed E-state index contributed by atoms with van der Waals surface area (Å²) < 4.78 is 0. The van der Waals surface area contributed by atoms with E-state index in [4.69, 9.17) is 0 Å². The molecule has 0 spiro atoms. The van der Waals surface area contributed by atoms with Crippen LogP contribution in [-0.2, 0) is 6.42 Å². The minimum atomic E-state index is 0.162. The Bertz CT molecular complexity index is 289.